The Morgan fingerprint density at radius 2 is 1.89 bits per heavy atom. The Balaban J connectivity index is 2.58. The molecule has 4 nitrogen and oxygen atoms in total. The first-order valence-electron chi connectivity index (χ1n) is 5.39. The van der Waals surface area contributed by atoms with E-state index in [-0.39, 0.29) is 24.6 Å². The first kappa shape index (κ1) is 15.8. The Hall–Kier alpha value is -1.28. The number of rotatable bonds is 6. The van der Waals surface area contributed by atoms with Gasteiger partial charge in [-0.15, -0.1) is 13.2 Å². The van der Waals surface area contributed by atoms with E-state index in [9.17, 15) is 21.6 Å². The second kappa shape index (κ2) is 6.25. The third-order valence-corrected chi connectivity index (χ3v) is 3.11. The van der Waals surface area contributed by atoms with Gasteiger partial charge in [0.2, 0.25) is 0 Å². The zero-order valence-corrected chi connectivity index (χ0v) is 11.0. The third kappa shape index (κ3) is 7.02. The lowest BCUT2D eigenvalue weighted by atomic mass is 10.2. The van der Waals surface area contributed by atoms with Crippen molar-refractivity contribution in [3.8, 4) is 5.75 Å². The summed E-state index contributed by atoms with van der Waals surface area (Å²) in [7, 11) is -3.09. The van der Waals surface area contributed by atoms with Gasteiger partial charge in [0, 0.05) is 24.9 Å². The summed E-state index contributed by atoms with van der Waals surface area (Å²) >= 11 is 0. The maximum atomic E-state index is 12.1. The standard InChI is InChI=1S/C11H14F3NO3S/c1-19(16,17)7-6-15-8-9-4-2-3-5-10(9)18-11(12,13)14/h2-5,15H,6-8H2,1H3. The van der Waals surface area contributed by atoms with Crippen molar-refractivity contribution in [1.29, 1.82) is 0 Å². The van der Waals surface area contributed by atoms with Crippen LogP contribution in [-0.4, -0.2) is 33.3 Å². The summed E-state index contributed by atoms with van der Waals surface area (Å²) in [4.78, 5) is 0. The SMILES string of the molecule is CS(=O)(=O)CCNCc1ccccc1OC(F)(F)F. The molecule has 0 heterocycles. The Morgan fingerprint density at radius 1 is 1.26 bits per heavy atom. The highest BCUT2D eigenvalue weighted by molar-refractivity contribution is 7.90. The predicted molar refractivity (Wildman–Crippen MR) is 64.5 cm³/mol. The summed E-state index contributed by atoms with van der Waals surface area (Å²) < 4.78 is 62.1. The first-order valence-corrected chi connectivity index (χ1v) is 7.45. The number of hydrogen-bond donors (Lipinski definition) is 1. The summed E-state index contributed by atoms with van der Waals surface area (Å²) in [5.41, 5.74) is 0.313. The lowest BCUT2D eigenvalue weighted by Gasteiger charge is -2.13. The van der Waals surface area contributed by atoms with Crippen LogP contribution < -0.4 is 10.1 Å². The fourth-order valence-electron chi connectivity index (χ4n) is 1.35. The van der Waals surface area contributed by atoms with Crippen LogP contribution in [0.2, 0.25) is 0 Å². The number of halogens is 3. The summed E-state index contributed by atoms with van der Waals surface area (Å²) in [6.07, 6.45) is -3.65. The first-order chi connectivity index (χ1) is 8.67. The molecule has 0 spiro atoms. The van der Waals surface area contributed by atoms with Crippen molar-refractivity contribution in [2.45, 2.75) is 12.9 Å². The molecule has 0 saturated heterocycles. The van der Waals surface area contributed by atoms with Gasteiger partial charge in [0.1, 0.15) is 15.6 Å². The lowest BCUT2D eigenvalue weighted by molar-refractivity contribution is -0.274. The molecule has 8 heteroatoms. The maximum Gasteiger partial charge on any atom is 0.573 e. The molecule has 0 unspecified atom stereocenters. The highest BCUT2D eigenvalue weighted by atomic mass is 32.2. The minimum Gasteiger partial charge on any atom is -0.405 e. The van der Waals surface area contributed by atoms with Crippen LogP contribution in [0.25, 0.3) is 0 Å². The Kier molecular flexibility index (Phi) is 5.19. The summed E-state index contributed by atoms with van der Waals surface area (Å²) in [5.74, 6) is -0.364. The third-order valence-electron chi connectivity index (χ3n) is 2.16. The summed E-state index contributed by atoms with van der Waals surface area (Å²) in [6, 6.07) is 5.70. The molecule has 0 saturated carbocycles. The van der Waals surface area contributed by atoms with Crippen LogP contribution in [0.4, 0.5) is 13.2 Å². The smallest absolute Gasteiger partial charge is 0.405 e. The van der Waals surface area contributed by atoms with Gasteiger partial charge in [-0.05, 0) is 6.07 Å². The van der Waals surface area contributed by atoms with Crippen LogP contribution in [0.5, 0.6) is 5.75 Å². The van der Waals surface area contributed by atoms with Gasteiger partial charge in [0.15, 0.2) is 0 Å². The molecule has 1 aromatic rings. The molecular formula is C11H14F3NO3S. The zero-order valence-electron chi connectivity index (χ0n) is 10.2. The number of para-hydroxylation sites is 1. The van der Waals surface area contributed by atoms with E-state index in [0.29, 0.717) is 5.56 Å². The number of benzene rings is 1. The number of alkyl halides is 3. The molecule has 0 bridgehead atoms. The Bertz CT molecular complexity index is 514. The molecule has 0 aliphatic rings. The average Bonchev–Trinajstić information content (AvgIpc) is 2.23. The van der Waals surface area contributed by atoms with E-state index >= 15 is 0 Å². The van der Waals surface area contributed by atoms with E-state index in [1.807, 2.05) is 0 Å². The molecule has 19 heavy (non-hydrogen) atoms. The van der Waals surface area contributed by atoms with Gasteiger partial charge < -0.3 is 10.1 Å². The Morgan fingerprint density at radius 3 is 2.47 bits per heavy atom. The molecule has 1 N–H and O–H groups in total. The van der Waals surface area contributed by atoms with Gasteiger partial charge in [0.25, 0.3) is 0 Å². The van der Waals surface area contributed by atoms with Crippen LogP contribution in [0.3, 0.4) is 0 Å². The molecule has 0 radical (unpaired) electrons. The molecule has 0 aliphatic heterocycles. The second-order valence-electron chi connectivity index (χ2n) is 3.96. The van der Waals surface area contributed by atoms with Crippen molar-refractivity contribution in [3.05, 3.63) is 29.8 Å². The van der Waals surface area contributed by atoms with E-state index in [1.54, 1.807) is 6.07 Å². The molecule has 0 amide bonds. The molecule has 108 valence electrons. The average molecular weight is 297 g/mol. The Labute approximate surface area is 109 Å². The number of sulfone groups is 1. The van der Waals surface area contributed by atoms with Crippen molar-refractivity contribution in [3.63, 3.8) is 0 Å². The minimum absolute atomic E-state index is 0.0741. The van der Waals surface area contributed by atoms with Crippen molar-refractivity contribution in [2.75, 3.05) is 18.6 Å². The number of nitrogens with one attached hydrogen (secondary N) is 1. The highest BCUT2D eigenvalue weighted by Crippen LogP contribution is 2.25. The van der Waals surface area contributed by atoms with E-state index in [1.165, 1.54) is 18.2 Å². The van der Waals surface area contributed by atoms with Crippen molar-refractivity contribution >= 4 is 9.84 Å². The van der Waals surface area contributed by atoms with E-state index in [0.717, 1.165) is 6.26 Å². The molecule has 0 fully saturated rings. The molecule has 0 aliphatic carbocycles. The lowest BCUT2D eigenvalue weighted by Crippen LogP contribution is -2.23. The number of ether oxygens (including phenoxy) is 1. The predicted octanol–water partition coefficient (Wildman–Crippen LogP) is 1.72. The van der Waals surface area contributed by atoms with Crippen LogP contribution in [0.15, 0.2) is 24.3 Å². The van der Waals surface area contributed by atoms with Gasteiger partial charge in [-0.25, -0.2) is 8.42 Å². The van der Waals surface area contributed by atoms with Crippen LogP contribution in [0, 0.1) is 0 Å². The highest BCUT2D eigenvalue weighted by Gasteiger charge is 2.31. The molecular weight excluding hydrogens is 283 g/mol. The fourth-order valence-corrected chi connectivity index (χ4v) is 1.87. The quantitative estimate of drug-likeness (QED) is 0.812. The van der Waals surface area contributed by atoms with Gasteiger partial charge >= 0.3 is 6.36 Å². The van der Waals surface area contributed by atoms with Crippen LogP contribution in [0.1, 0.15) is 5.56 Å². The largest absolute Gasteiger partial charge is 0.573 e. The topological polar surface area (TPSA) is 55.4 Å². The molecule has 0 aromatic heterocycles. The normalized spacial score (nSPS) is 12.4. The van der Waals surface area contributed by atoms with E-state index in [2.05, 4.69) is 10.1 Å². The van der Waals surface area contributed by atoms with Gasteiger partial charge in [-0.2, -0.15) is 0 Å². The van der Waals surface area contributed by atoms with E-state index < -0.39 is 16.2 Å². The van der Waals surface area contributed by atoms with Crippen LogP contribution >= 0.6 is 0 Å². The van der Waals surface area contributed by atoms with E-state index in [4.69, 9.17) is 0 Å². The maximum absolute atomic E-state index is 12.1. The van der Waals surface area contributed by atoms with Crippen molar-refractivity contribution < 1.29 is 26.3 Å². The number of hydrogen-bond acceptors (Lipinski definition) is 4. The summed E-state index contributed by atoms with van der Waals surface area (Å²) in [5, 5.41) is 2.76. The van der Waals surface area contributed by atoms with Crippen molar-refractivity contribution in [2.24, 2.45) is 0 Å². The second-order valence-corrected chi connectivity index (χ2v) is 6.22. The van der Waals surface area contributed by atoms with Crippen molar-refractivity contribution in [1.82, 2.24) is 5.32 Å². The minimum atomic E-state index is -4.75. The fraction of sp³-hybridized carbons (Fsp3) is 0.455. The van der Waals surface area contributed by atoms with Crippen LogP contribution in [-0.2, 0) is 16.4 Å². The van der Waals surface area contributed by atoms with Gasteiger partial charge in [0.05, 0.1) is 5.75 Å². The van der Waals surface area contributed by atoms with Gasteiger partial charge in [-0.1, -0.05) is 18.2 Å². The molecule has 1 rings (SSSR count). The molecule has 0 atom stereocenters. The zero-order chi connectivity index (χ0) is 14.5. The molecule has 1 aromatic carbocycles. The summed E-state index contributed by atoms with van der Waals surface area (Å²) in [6.45, 7) is 0.265. The van der Waals surface area contributed by atoms with Gasteiger partial charge in [-0.3, -0.25) is 0 Å². The monoisotopic (exact) mass is 297 g/mol.